The average molecular weight is 637 g/mol. The van der Waals surface area contributed by atoms with Crippen molar-refractivity contribution in [3.8, 4) is 5.75 Å². The van der Waals surface area contributed by atoms with Gasteiger partial charge in [-0.2, -0.15) is 0 Å². The predicted molar refractivity (Wildman–Crippen MR) is 124 cm³/mol. The van der Waals surface area contributed by atoms with E-state index in [4.69, 9.17) is 4.74 Å². The summed E-state index contributed by atoms with van der Waals surface area (Å²) in [5.74, 6) is 0.00381. The molecular formula is C20H13Br4O2S+. The van der Waals surface area contributed by atoms with Gasteiger partial charge < -0.3 is 4.74 Å². The number of rotatable bonds is 4. The van der Waals surface area contributed by atoms with Crippen LogP contribution in [-0.4, -0.2) is 8.11 Å². The molecule has 0 N–H and O–H groups in total. The fraction of sp³-hybridized carbons (Fsp3) is 0.0500. The minimum atomic E-state index is -1.09. The zero-order valence-corrected chi connectivity index (χ0v) is 20.9. The summed E-state index contributed by atoms with van der Waals surface area (Å²) in [7, 11) is -0.250. The molecule has 0 aliphatic carbocycles. The van der Waals surface area contributed by atoms with E-state index in [1.165, 1.54) is 9.79 Å². The van der Waals surface area contributed by atoms with Crippen molar-refractivity contribution in [3.05, 3.63) is 83.3 Å². The normalized spacial score (nSPS) is 12.4. The fourth-order valence-corrected chi connectivity index (χ4v) is 4.91. The largest absolute Gasteiger partial charge is 0.424 e. The molecule has 1 unspecified atom stereocenters. The Morgan fingerprint density at radius 1 is 0.741 bits per heavy atom. The first-order chi connectivity index (χ1) is 12.8. The summed E-state index contributed by atoms with van der Waals surface area (Å²) in [4.78, 5) is 15.6. The van der Waals surface area contributed by atoms with Gasteiger partial charge in [0.2, 0.25) is 2.14 Å². The third kappa shape index (κ3) is 5.70. The first kappa shape index (κ1) is 21.1. The van der Waals surface area contributed by atoms with Crippen molar-refractivity contribution in [2.45, 2.75) is 16.8 Å². The topological polar surface area (TPSA) is 26.3 Å². The van der Waals surface area contributed by atoms with Crippen molar-refractivity contribution in [2.75, 3.05) is 0 Å². The number of halogens is 4. The van der Waals surface area contributed by atoms with E-state index in [-0.39, 0.29) is 10.9 Å². The van der Waals surface area contributed by atoms with Gasteiger partial charge in [-0.3, -0.25) is 0 Å². The van der Waals surface area contributed by atoms with Crippen molar-refractivity contribution >= 4 is 80.6 Å². The van der Waals surface area contributed by atoms with Crippen LogP contribution in [0, 0.1) is 0 Å². The van der Waals surface area contributed by atoms with Crippen LogP contribution in [0.2, 0.25) is 0 Å². The van der Waals surface area contributed by atoms with Crippen molar-refractivity contribution in [1.29, 1.82) is 0 Å². The van der Waals surface area contributed by atoms with Crippen molar-refractivity contribution < 1.29 is 9.53 Å². The molecule has 3 rings (SSSR count). The highest BCUT2D eigenvalue weighted by atomic mass is 80.0. The van der Waals surface area contributed by atoms with Crippen LogP contribution in [0.5, 0.6) is 5.75 Å². The highest BCUT2D eigenvalue weighted by molar-refractivity contribution is 9.40. The molecule has 0 amide bonds. The van der Waals surface area contributed by atoms with Gasteiger partial charge in [0, 0.05) is 4.47 Å². The van der Waals surface area contributed by atoms with Gasteiger partial charge in [-0.1, -0.05) is 34.1 Å². The first-order valence-corrected chi connectivity index (χ1v) is 12.2. The molecule has 2 nitrogen and oxygen atoms in total. The van der Waals surface area contributed by atoms with Crippen LogP contribution in [0.25, 0.3) is 0 Å². The molecule has 3 aromatic rings. The molecule has 0 aromatic heterocycles. The SMILES string of the molecule is O=C(Oc1ccc([S+](c2ccccc2)c2ccc(Br)cc2)cc1)C(Br)(Br)Br. The number of ether oxygens (including phenoxy) is 1. The number of hydrogen-bond donors (Lipinski definition) is 0. The quantitative estimate of drug-likeness (QED) is 0.130. The van der Waals surface area contributed by atoms with Gasteiger partial charge in [-0.25, -0.2) is 4.79 Å². The van der Waals surface area contributed by atoms with Gasteiger partial charge in [-0.05, 0) is 108 Å². The van der Waals surface area contributed by atoms with Crippen LogP contribution in [-0.2, 0) is 15.7 Å². The molecule has 0 bridgehead atoms. The Hall–Kier alpha value is -0.600. The van der Waals surface area contributed by atoms with Gasteiger partial charge in [0.15, 0.2) is 14.7 Å². The van der Waals surface area contributed by atoms with E-state index in [0.717, 1.165) is 9.37 Å². The molecule has 0 saturated heterocycles. The molecule has 7 heteroatoms. The lowest BCUT2D eigenvalue weighted by Crippen LogP contribution is -2.23. The summed E-state index contributed by atoms with van der Waals surface area (Å²) in [5.41, 5.74) is 0. The van der Waals surface area contributed by atoms with Crippen LogP contribution < -0.4 is 4.74 Å². The van der Waals surface area contributed by atoms with Gasteiger partial charge in [0.05, 0.1) is 10.9 Å². The molecule has 0 heterocycles. The van der Waals surface area contributed by atoms with E-state index < -0.39 is 8.11 Å². The minimum Gasteiger partial charge on any atom is -0.424 e. The van der Waals surface area contributed by atoms with E-state index in [1.54, 1.807) is 0 Å². The Morgan fingerprint density at radius 3 is 1.74 bits per heavy atom. The standard InChI is InChI=1S/C20H13Br4O2S/c21-14-6-10-17(11-7-14)27(16-4-2-1-3-5-16)18-12-8-15(9-13-18)26-19(25)20(22,23)24/h1-13H/q+1. The predicted octanol–water partition coefficient (Wildman–Crippen LogP) is 7.29. The highest BCUT2D eigenvalue weighted by Gasteiger charge is 2.32. The zero-order chi connectivity index (χ0) is 19.4. The Labute approximate surface area is 194 Å². The number of alkyl halides is 3. The van der Waals surface area contributed by atoms with Gasteiger partial charge in [0.25, 0.3) is 0 Å². The van der Waals surface area contributed by atoms with Gasteiger partial charge >= 0.3 is 5.97 Å². The summed E-state index contributed by atoms with van der Waals surface area (Å²) < 4.78 is 5.32. The lowest BCUT2D eigenvalue weighted by molar-refractivity contribution is -0.132. The molecule has 27 heavy (non-hydrogen) atoms. The van der Waals surface area contributed by atoms with Crippen LogP contribution in [0.15, 0.2) is 98.0 Å². The molecule has 0 fully saturated rings. The lowest BCUT2D eigenvalue weighted by Gasteiger charge is -2.12. The van der Waals surface area contributed by atoms with Crippen molar-refractivity contribution in [3.63, 3.8) is 0 Å². The maximum atomic E-state index is 12.0. The number of hydrogen-bond acceptors (Lipinski definition) is 2. The number of esters is 1. The smallest absolute Gasteiger partial charge is 0.350 e. The molecule has 0 aliphatic rings. The lowest BCUT2D eigenvalue weighted by atomic mass is 10.3. The fourth-order valence-electron chi connectivity index (χ4n) is 2.34. The van der Waals surface area contributed by atoms with E-state index in [9.17, 15) is 4.79 Å². The number of carbonyl (C=O) groups excluding carboxylic acids is 1. The van der Waals surface area contributed by atoms with E-state index in [2.05, 4.69) is 100 Å². The zero-order valence-electron chi connectivity index (χ0n) is 13.7. The molecule has 0 aliphatic heterocycles. The molecule has 0 spiro atoms. The molecule has 138 valence electrons. The van der Waals surface area contributed by atoms with E-state index in [1.807, 2.05) is 42.5 Å². The van der Waals surface area contributed by atoms with E-state index in [0.29, 0.717) is 5.75 Å². The Morgan fingerprint density at radius 2 is 1.22 bits per heavy atom. The maximum Gasteiger partial charge on any atom is 0.350 e. The summed E-state index contributed by atoms with van der Waals surface area (Å²) in [5, 5.41) is 0. The second kappa shape index (κ2) is 9.27. The molecular weight excluding hydrogens is 624 g/mol. The summed E-state index contributed by atoms with van der Waals surface area (Å²) in [6, 6.07) is 26.4. The second-order valence-electron chi connectivity index (χ2n) is 5.43. The summed E-state index contributed by atoms with van der Waals surface area (Å²) in [6.07, 6.45) is 0. The summed E-state index contributed by atoms with van der Waals surface area (Å²) in [6.45, 7) is 0. The van der Waals surface area contributed by atoms with Crippen LogP contribution in [0.1, 0.15) is 0 Å². The van der Waals surface area contributed by atoms with Crippen molar-refractivity contribution in [2.24, 2.45) is 0 Å². The van der Waals surface area contributed by atoms with E-state index >= 15 is 0 Å². The summed E-state index contributed by atoms with van der Waals surface area (Å²) >= 11 is 13.0. The number of benzene rings is 3. The van der Waals surface area contributed by atoms with Crippen LogP contribution in [0.3, 0.4) is 0 Å². The highest BCUT2D eigenvalue weighted by Crippen LogP contribution is 2.36. The molecule has 1 atom stereocenters. The Balaban J connectivity index is 1.93. The Kier molecular flexibility index (Phi) is 7.25. The third-order valence-corrected chi connectivity index (χ3v) is 7.26. The van der Waals surface area contributed by atoms with Gasteiger partial charge in [0.1, 0.15) is 5.75 Å². The molecule has 0 radical (unpaired) electrons. The first-order valence-electron chi connectivity index (χ1n) is 7.78. The van der Waals surface area contributed by atoms with Crippen LogP contribution >= 0.6 is 63.7 Å². The minimum absolute atomic E-state index is 0.250. The molecule has 0 saturated carbocycles. The second-order valence-corrected chi connectivity index (χ2v) is 15.1. The monoisotopic (exact) mass is 633 g/mol. The van der Waals surface area contributed by atoms with Crippen molar-refractivity contribution in [1.82, 2.24) is 0 Å². The van der Waals surface area contributed by atoms with Gasteiger partial charge in [-0.15, -0.1) is 0 Å². The van der Waals surface area contributed by atoms with Crippen LogP contribution in [0.4, 0.5) is 0 Å². The maximum absolute atomic E-state index is 12.0. The molecule has 3 aromatic carbocycles. The number of carbonyl (C=O) groups is 1. The Bertz CT molecular complexity index is 907. The third-order valence-electron chi connectivity index (χ3n) is 3.53. The average Bonchev–Trinajstić information content (AvgIpc) is 2.65.